The van der Waals surface area contributed by atoms with Gasteiger partial charge in [0.15, 0.2) is 0 Å². The number of aromatic nitrogens is 2. The molecule has 13 heavy (non-hydrogen) atoms. The van der Waals surface area contributed by atoms with Gasteiger partial charge in [0, 0.05) is 18.3 Å². The summed E-state index contributed by atoms with van der Waals surface area (Å²) in [4.78, 5) is 0. The van der Waals surface area contributed by atoms with Gasteiger partial charge in [0.2, 0.25) is 0 Å². The molecule has 2 rings (SSSR count). The van der Waals surface area contributed by atoms with E-state index >= 15 is 0 Å². The Kier molecular flexibility index (Phi) is 2.30. The van der Waals surface area contributed by atoms with Crippen LogP contribution in [0, 0.1) is 0 Å². The zero-order chi connectivity index (χ0) is 9.26. The van der Waals surface area contributed by atoms with E-state index in [1.54, 1.807) is 10.9 Å². The molecule has 1 aromatic rings. The molecule has 0 radical (unpaired) electrons. The fourth-order valence-corrected chi connectivity index (χ4v) is 1.45. The summed E-state index contributed by atoms with van der Waals surface area (Å²) in [6.45, 7) is 1.39. The largest absolute Gasteiger partial charge is 0.388 e. The molecule has 1 aromatic heterocycles. The summed E-state index contributed by atoms with van der Waals surface area (Å²) in [5.41, 5.74) is 6.42. The number of aliphatic hydroxyl groups is 1. The molecule has 1 fully saturated rings. The molecule has 72 valence electrons. The number of hydrogen-bond donors (Lipinski definition) is 2. The summed E-state index contributed by atoms with van der Waals surface area (Å²) in [5, 5.41) is 13.6. The van der Waals surface area contributed by atoms with Gasteiger partial charge in [-0.05, 0) is 0 Å². The fourth-order valence-electron chi connectivity index (χ4n) is 1.45. The lowest BCUT2D eigenvalue weighted by Gasteiger charge is -2.11. The van der Waals surface area contributed by atoms with Gasteiger partial charge in [0.05, 0.1) is 19.4 Å². The molecule has 1 saturated heterocycles. The summed E-state index contributed by atoms with van der Waals surface area (Å²) in [6.07, 6.45) is 3.11. The Balaban J connectivity index is 2.15. The van der Waals surface area contributed by atoms with E-state index in [4.69, 9.17) is 10.5 Å². The minimum atomic E-state index is -0.453. The highest BCUT2D eigenvalue weighted by Crippen LogP contribution is 2.18. The van der Waals surface area contributed by atoms with Crippen LogP contribution in [-0.4, -0.2) is 34.2 Å². The molecule has 0 spiro atoms. The Morgan fingerprint density at radius 1 is 1.69 bits per heavy atom. The van der Waals surface area contributed by atoms with Crippen LogP contribution >= 0.6 is 0 Å². The van der Waals surface area contributed by atoms with E-state index in [9.17, 15) is 5.11 Å². The molecule has 0 aliphatic carbocycles. The van der Waals surface area contributed by atoms with Crippen molar-refractivity contribution in [2.45, 2.75) is 18.7 Å². The Morgan fingerprint density at radius 3 is 3.08 bits per heavy atom. The lowest BCUT2D eigenvalue weighted by Crippen LogP contribution is -2.22. The summed E-state index contributed by atoms with van der Waals surface area (Å²) in [6, 6.07) is -0.0553. The SMILES string of the molecule is NCc1cnn(C2COCC2O)c1. The number of rotatable bonds is 2. The second kappa shape index (κ2) is 3.45. The molecule has 0 bridgehead atoms. The minimum absolute atomic E-state index is 0.0553. The zero-order valence-corrected chi connectivity index (χ0v) is 7.26. The van der Waals surface area contributed by atoms with Crippen molar-refractivity contribution in [3.63, 3.8) is 0 Å². The van der Waals surface area contributed by atoms with Crippen molar-refractivity contribution in [2.75, 3.05) is 13.2 Å². The highest BCUT2D eigenvalue weighted by atomic mass is 16.5. The summed E-state index contributed by atoms with van der Waals surface area (Å²) < 4.78 is 6.85. The van der Waals surface area contributed by atoms with E-state index in [2.05, 4.69) is 5.10 Å². The highest BCUT2D eigenvalue weighted by molar-refractivity contribution is 5.04. The molecule has 0 amide bonds. The van der Waals surface area contributed by atoms with Crippen molar-refractivity contribution >= 4 is 0 Å². The van der Waals surface area contributed by atoms with Crippen LogP contribution in [-0.2, 0) is 11.3 Å². The number of aliphatic hydroxyl groups excluding tert-OH is 1. The first kappa shape index (κ1) is 8.68. The van der Waals surface area contributed by atoms with Crippen LogP contribution in [0.5, 0.6) is 0 Å². The number of hydrogen-bond acceptors (Lipinski definition) is 4. The van der Waals surface area contributed by atoms with Crippen LogP contribution in [0.2, 0.25) is 0 Å². The van der Waals surface area contributed by atoms with E-state index < -0.39 is 6.10 Å². The monoisotopic (exact) mass is 183 g/mol. The maximum atomic E-state index is 9.51. The number of ether oxygens (including phenoxy) is 1. The molecule has 2 heterocycles. The van der Waals surface area contributed by atoms with Crippen molar-refractivity contribution in [3.8, 4) is 0 Å². The van der Waals surface area contributed by atoms with Crippen LogP contribution in [0.3, 0.4) is 0 Å². The van der Waals surface area contributed by atoms with E-state index in [1.165, 1.54) is 0 Å². The Bertz CT molecular complexity index is 287. The van der Waals surface area contributed by atoms with Crippen molar-refractivity contribution < 1.29 is 9.84 Å². The Morgan fingerprint density at radius 2 is 2.54 bits per heavy atom. The van der Waals surface area contributed by atoms with Gasteiger partial charge in [-0.1, -0.05) is 0 Å². The highest BCUT2D eigenvalue weighted by Gasteiger charge is 2.28. The second-order valence-electron chi connectivity index (χ2n) is 3.20. The van der Waals surface area contributed by atoms with Crippen LogP contribution in [0.15, 0.2) is 12.4 Å². The predicted octanol–water partition coefficient (Wildman–Crippen LogP) is -0.726. The van der Waals surface area contributed by atoms with E-state index in [-0.39, 0.29) is 6.04 Å². The maximum absolute atomic E-state index is 9.51. The third-order valence-corrected chi connectivity index (χ3v) is 2.25. The zero-order valence-electron chi connectivity index (χ0n) is 7.26. The average molecular weight is 183 g/mol. The molecule has 0 aromatic carbocycles. The van der Waals surface area contributed by atoms with Gasteiger partial charge in [-0.3, -0.25) is 4.68 Å². The Labute approximate surface area is 76.1 Å². The molecule has 5 heteroatoms. The van der Waals surface area contributed by atoms with E-state index in [0.717, 1.165) is 5.56 Å². The molecule has 1 aliphatic rings. The molecule has 5 nitrogen and oxygen atoms in total. The third-order valence-electron chi connectivity index (χ3n) is 2.25. The second-order valence-corrected chi connectivity index (χ2v) is 3.20. The number of nitrogens with two attached hydrogens (primary N) is 1. The first-order valence-electron chi connectivity index (χ1n) is 4.30. The standard InChI is InChI=1S/C8H13N3O2/c9-1-6-2-10-11(3-6)7-4-13-5-8(7)12/h2-3,7-8,12H,1,4-5,9H2. The van der Waals surface area contributed by atoms with Gasteiger partial charge in [-0.2, -0.15) is 5.10 Å². The normalized spacial score (nSPS) is 28.2. The van der Waals surface area contributed by atoms with Crippen molar-refractivity contribution in [2.24, 2.45) is 5.73 Å². The van der Waals surface area contributed by atoms with Crippen LogP contribution in [0.1, 0.15) is 11.6 Å². The molecular formula is C8H13N3O2. The lowest BCUT2D eigenvalue weighted by molar-refractivity contribution is 0.118. The van der Waals surface area contributed by atoms with E-state index in [1.807, 2.05) is 6.20 Å². The molecule has 1 aliphatic heterocycles. The van der Waals surface area contributed by atoms with Gasteiger partial charge in [-0.25, -0.2) is 0 Å². The third kappa shape index (κ3) is 1.58. The molecule has 2 unspecified atom stereocenters. The average Bonchev–Trinajstić information content (AvgIpc) is 2.71. The first-order valence-corrected chi connectivity index (χ1v) is 4.30. The maximum Gasteiger partial charge on any atom is 0.103 e. The van der Waals surface area contributed by atoms with E-state index in [0.29, 0.717) is 19.8 Å². The van der Waals surface area contributed by atoms with Crippen molar-refractivity contribution in [3.05, 3.63) is 18.0 Å². The van der Waals surface area contributed by atoms with Gasteiger partial charge in [-0.15, -0.1) is 0 Å². The molecule has 3 N–H and O–H groups in total. The molecular weight excluding hydrogens is 170 g/mol. The molecule has 0 saturated carbocycles. The van der Waals surface area contributed by atoms with Crippen LogP contribution < -0.4 is 5.73 Å². The topological polar surface area (TPSA) is 73.3 Å². The quantitative estimate of drug-likeness (QED) is 0.634. The smallest absolute Gasteiger partial charge is 0.103 e. The van der Waals surface area contributed by atoms with Crippen LogP contribution in [0.25, 0.3) is 0 Å². The van der Waals surface area contributed by atoms with Gasteiger partial charge < -0.3 is 15.6 Å². The van der Waals surface area contributed by atoms with Gasteiger partial charge >= 0.3 is 0 Å². The summed E-state index contributed by atoms with van der Waals surface area (Å²) in [5.74, 6) is 0. The summed E-state index contributed by atoms with van der Waals surface area (Å²) in [7, 11) is 0. The Hall–Kier alpha value is -0.910. The van der Waals surface area contributed by atoms with Gasteiger partial charge in [0.1, 0.15) is 12.1 Å². The minimum Gasteiger partial charge on any atom is -0.388 e. The first-order chi connectivity index (χ1) is 6.31. The summed E-state index contributed by atoms with van der Waals surface area (Å²) >= 11 is 0. The molecule has 2 atom stereocenters. The van der Waals surface area contributed by atoms with Crippen molar-refractivity contribution in [1.82, 2.24) is 9.78 Å². The van der Waals surface area contributed by atoms with Crippen molar-refractivity contribution in [1.29, 1.82) is 0 Å². The van der Waals surface area contributed by atoms with Crippen LogP contribution in [0.4, 0.5) is 0 Å². The number of nitrogens with zero attached hydrogens (tertiary/aromatic N) is 2. The lowest BCUT2D eigenvalue weighted by atomic mass is 10.2. The fraction of sp³-hybridized carbons (Fsp3) is 0.625. The van der Waals surface area contributed by atoms with Gasteiger partial charge in [0.25, 0.3) is 0 Å². The predicted molar refractivity (Wildman–Crippen MR) is 46.0 cm³/mol.